The fourth-order valence-electron chi connectivity index (χ4n) is 7.31. The van der Waals surface area contributed by atoms with Crippen LogP contribution in [0.25, 0.3) is 0 Å². The number of oxime groups is 1. The molecular weight excluding hydrogens is 306 g/mol. The quantitative estimate of drug-likeness (QED) is 0.432. The predicted octanol–water partition coefficient (Wildman–Crippen LogP) is 6.77. The van der Waals surface area contributed by atoms with E-state index in [1.54, 1.807) is 0 Å². The molecule has 0 amide bonds. The standard InChI is InChI=1S/C23H41NO/c1-15(2)7-6-8-16(3)20-10-11-21-19-9-12-22(24-25)17(4)18(19)13-14-23(20,21)5/h15-21,25H,6-14H2,1-5H3/b24-22-/t16-,17+,18?,19?,20?,21?,23-/m1/s1. The van der Waals surface area contributed by atoms with Crippen molar-refractivity contribution in [3.8, 4) is 0 Å². The molecule has 3 rings (SSSR count). The summed E-state index contributed by atoms with van der Waals surface area (Å²) in [6.07, 6.45) is 12.2. The first-order valence-electron chi connectivity index (χ1n) is 11.1. The third-order valence-electron chi connectivity index (χ3n) is 8.72. The summed E-state index contributed by atoms with van der Waals surface area (Å²) < 4.78 is 0. The highest BCUT2D eigenvalue weighted by atomic mass is 16.4. The lowest BCUT2D eigenvalue weighted by Crippen LogP contribution is -2.47. The SMILES string of the molecule is CC(C)CCC[C@@H](C)C1CCC2C3CC/C(=N/O)[C@@H](C)C3CC[C@@]21C. The van der Waals surface area contributed by atoms with E-state index in [2.05, 4.69) is 39.8 Å². The van der Waals surface area contributed by atoms with Gasteiger partial charge in [0.1, 0.15) is 0 Å². The Morgan fingerprint density at radius 2 is 1.84 bits per heavy atom. The lowest BCUT2D eigenvalue weighted by Gasteiger charge is -2.53. The van der Waals surface area contributed by atoms with Crippen molar-refractivity contribution in [2.24, 2.45) is 52.0 Å². The van der Waals surface area contributed by atoms with Crippen molar-refractivity contribution in [2.45, 2.75) is 92.4 Å². The molecule has 2 nitrogen and oxygen atoms in total. The summed E-state index contributed by atoms with van der Waals surface area (Å²) in [5, 5.41) is 12.9. The minimum absolute atomic E-state index is 0.496. The van der Waals surface area contributed by atoms with Gasteiger partial charge in [0, 0.05) is 5.92 Å². The van der Waals surface area contributed by atoms with Crippen LogP contribution in [0.15, 0.2) is 5.16 Å². The number of nitrogens with zero attached hydrogens (tertiary/aromatic N) is 1. The van der Waals surface area contributed by atoms with Gasteiger partial charge in [-0.2, -0.15) is 0 Å². The maximum absolute atomic E-state index is 9.31. The van der Waals surface area contributed by atoms with Crippen LogP contribution in [0.3, 0.4) is 0 Å². The van der Waals surface area contributed by atoms with Crippen molar-refractivity contribution in [3.63, 3.8) is 0 Å². The zero-order valence-corrected chi connectivity index (χ0v) is 17.3. The van der Waals surface area contributed by atoms with Gasteiger partial charge in [-0.15, -0.1) is 0 Å². The zero-order chi connectivity index (χ0) is 18.2. The van der Waals surface area contributed by atoms with Crippen LogP contribution < -0.4 is 0 Å². The van der Waals surface area contributed by atoms with Gasteiger partial charge in [-0.3, -0.25) is 0 Å². The Bertz CT molecular complexity index is 484. The van der Waals surface area contributed by atoms with Crippen molar-refractivity contribution in [1.29, 1.82) is 0 Å². The van der Waals surface area contributed by atoms with Crippen LogP contribution in [0.1, 0.15) is 92.4 Å². The number of rotatable bonds is 5. The molecule has 3 aliphatic carbocycles. The first-order valence-corrected chi connectivity index (χ1v) is 11.1. The smallest absolute Gasteiger partial charge is 0.0601 e. The van der Waals surface area contributed by atoms with Gasteiger partial charge < -0.3 is 5.21 Å². The molecule has 3 aliphatic rings. The van der Waals surface area contributed by atoms with Gasteiger partial charge in [0.15, 0.2) is 0 Å². The molecule has 144 valence electrons. The van der Waals surface area contributed by atoms with E-state index in [0.717, 1.165) is 47.6 Å². The van der Waals surface area contributed by atoms with Crippen LogP contribution >= 0.6 is 0 Å². The van der Waals surface area contributed by atoms with Crippen molar-refractivity contribution in [1.82, 2.24) is 0 Å². The van der Waals surface area contributed by atoms with E-state index >= 15 is 0 Å². The van der Waals surface area contributed by atoms with E-state index in [9.17, 15) is 5.21 Å². The highest BCUT2D eigenvalue weighted by Gasteiger charge is 2.56. The summed E-state index contributed by atoms with van der Waals surface area (Å²) in [6, 6.07) is 0. The van der Waals surface area contributed by atoms with Crippen molar-refractivity contribution < 1.29 is 5.21 Å². The van der Waals surface area contributed by atoms with E-state index in [1.165, 1.54) is 51.4 Å². The third-order valence-corrected chi connectivity index (χ3v) is 8.72. The second-order valence-electron chi connectivity index (χ2n) is 10.4. The van der Waals surface area contributed by atoms with E-state index in [1.807, 2.05) is 0 Å². The maximum Gasteiger partial charge on any atom is 0.0601 e. The van der Waals surface area contributed by atoms with E-state index in [-0.39, 0.29) is 0 Å². The Kier molecular flexibility index (Phi) is 5.85. The van der Waals surface area contributed by atoms with Gasteiger partial charge in [-0.05, 0) is 79.4 Å². The van der Waals surface area contributed by atoms with Gasteiger partial charge >= 0.3 is 0 Å². The molecular formula is C23H41NO. The molecule has 2 heteroatoms. The summed E-state index contributed by atoms with van der Waals surface area (Å²) in [6.45, 7) is 12.2. The van der Waals surface area contributed by atoms with Crippen molar-refractivity contribution in [2.75, 3.05) is 0 Å². The lowest BCUT2D eigenvalue weighted by atomic mass is 9.52. The molecule has 0 spiro atoms. The minimum Gasteiger partial charge on any atom is -0.411 e. The topological polar surface area (TPSA) is 32.6 Å². The van der Waals surface area contributed by atoms with Crippen LogP contribution in [0.5, 0.6) is 0 Å². The zero-order valence-electron chi connectivity index (χ0n) is 17.3. The molecule has 4 unspecified atom stereocenters. The van der Waals surface area contributed by atoms with Crippen molar-refractivity contribution >= 4 is 5.71 Å². The highest BCUT2D eigenvalue weighted by molar-refractivity contribution is 5.87. The van der Waals surface area contributed by atoms with Crippen LogP contribution in [-0.4, -0.2) is 10.9 Å². The molecule has 25 heavy (non-hydrogen) atoms. The summed E-state index contributed by atoms with van der Waals surface area (Å²) in [4.78, 5) is 0. The van der Waals surface area contributed by atoms with Gasteiger partial charge in [-0.25, -0.2) is 0 Å². The molecule has 0 aromatic rings. The first kappa shape index (κ1) is 19.2. The molecule has 3 fully saturated rings. The molecule has 3 saturated carbocycles. The summed E-state index contributed by atoms with van der Waals surface area (Å²) in [5.74, 6) is 5.75. The van der Waals surface area contributed by atoms with Gasteiger partial charge in [0.05, 0.1) is 5.71 Å². The van der Waals surface area contributed by atoms with Crippen LogP contribution in [0.2, 0.25) is 0 Å². The lowest BCUT2D eigenvalue weighted by molar-refractivity contribution is -0.0211. The molecule has 0 radical (unpaired) electrons. The fraction of sp³-hybridized carbons (Fsp3) is 0.957. The van der Waals surface area contributed by atoms with Crippen LogP contribution in [0, 0.1) is 46.8 Å². The number of fused-ring (bicyclic) bond motifs is 3. The Labute approximate surface area is 155 Å². The van der Waals surface area contributed by atoms with E-state index < -0.39 is 0 Å². The largest absolute Gasteiger partial charge is 0.411 e. The average molecular weight is 348 g/mol. The molecule has 0 aliphatic heterocycles. The molecule has 0 aromatic carbocycles. The van der Waals surface area contributed by atoms with Crippen molar-refractivity contribution in [3.05, 3.63) is 0 Å². The monoisotopic (exact) mass is 347 g/mol. The summed E-state index contributed by atoms with van der Waals surface area (Å²) in [5.41, 5.74) is 1.65. The highest BCUT2D eigenvalue weighted by Crippen LogP contribution is 2.63. The third kappa shape index (κ3) is 3.52. The van der Waals surface area contributed by atoms with Crippen LogP contribution in [-0.2, 0) is 0 Å². The Morgan fingerprint density at radius 1 is 1.08 bits per heavy atom. The average Bonchev–Trinajstić information content (AvgIpc) is 2.92. The Hall–Kier alpha value is -0.530. The Morgan fingerprint density at radius 3 is 2.52 bits per heavy atom. The number of hydrogen-bond acceptors (Lipinski definition) is 2. The van der Waals surface area contributed by atoms with E-state index in [4.69, 9.17) is 0 Å². The van der Waals surface area contributed by atoms with Gasteiger partial charge in [0.2, 0.25) is 0 Å². The second-order valence-corrected chi connectivity index (χ2v) is 10.4. The second kappa shape index (κ2) is 7.61. The Balaban J connectivity index is 1.68. The van der Waals surface area contributed by atoms with Gasteiger partial charge in [0.25, 0.3) is 0 Å². The van der Waals surface area contributed by atoms with Crippen LogP contribution in [0.4, 0.5) is 0 Å². The molecule has 0 saturated heterocycles. The molecule has 1 N–H and O–H groups in total. The number of hydrogen-bond donors (Lipinski definition) is 1. The normalized spacial score (nSPS) is 43.9. The fourth-order valence-corrected chi connectivity index (χ4v) is 7.31. The predicted molar refractivity (Wildman–Crippen MR) is 106 cm³/mol. The maximum atomic E-state index is 9.31. The molecule has 7 atom stereocenters. The first-order chi connectivity index (χ1) is 11.9. The summed E-state index contributed by atoms with van der Waals surface area (Å²) >= 11 is 0. The van der Waals surface area contributed by atoms with E-state index in [0.29, 0.717) is 11.3 Å². The summed E-state index contributed by atoms with van der Waals surface area (Å²) in [7, 11) is 0. The van der Waals surface area contributed by atoms with Gasteiger partial charge in [-0.1, -0.05) is 59.0 Å². The molecule has 0 aromatic heterocycles. The minimum atomic E-state index is 0.496. The molecule has 0 heterocycles. The molecule has 0 bridgehead atoms.